The predicted octanol–water partition coefficient (Wildman–Crippen LogP) is 3.06. The van der Waals surface area contributed by atoms with E-state index in [4.69, 9.17) is 0 Å². The lowest BCUT2D eigenvalue weighted by atomic mass is 10.1. The molecule has 1 N–H and O–H groups in total. The molecule has 1 saturated carbocycles. The fourth-order valence-electron chi connectivity index (χ4n) is 3.41. The molecule has 31 heavy (non-hydrogen) atoms. The lowest BCUT2D eigenvalue weighted by Gasteiger charge is -2.09. The molecule has 3 aromatic rings. The van der Waals surface area contributed by atoms with E-state index in [1.54, 1.807) is 12.4 Å². The molecule has 2 atom stereocenters. The molecule has 160 valence electrons. The van der Waals surface area contributed by atoms with Gasteiger partial charge >= 0.3 is 0 Å². The summed E-state index contributed by atoms with van der Waals surface area (Å²) in [6.07, 6.45) is 5.22. The number of nitrogens with one attached hydrogen (secondary N) is 1. The van der Waals surface area contributed by atoms with Crippen LogP contribution in [0.4, 0.5) is 5.69 Å². The first-order chi connectivity index (χ1) is 14.7. The standard InChI is InChI=1S/C22H20N2O5S2/c1-30(26,27)18-5-2-6-19(12-18)31(28,29)17-9-7-16(8-10-17)24-22(25)21-13-20(21)15-4-3-11-23-14-15/h2-12,14,20-21H,13H2,1H3,(H,24,25)/t20-,21+/m1/s1. The van der Waals surface area contributed by atoms with Gasteiger partial charge in [0.05, 0.1) is 14.7 Å². The van der Waals surface area contributed by atoms with Gasteiger partial charge in [-0.15, -0.1) is 0 Å². The summed E-state index contributed by atoms with van der Waals surface area (Å²) < 4.78 is 49.2. The summed E-state index contributed by atoms with van der Waals surface area (Å²) in [7, 11) is -7.43. The van der Waals surface area contributed by atoms with E-state index in [-0.39, 0.29) is 32.4 Å². The largest absolute Gasteiger partial charge is 0.326 e. The third-order valence-electron chi connectivity index (χ3n) is 5.22. The fraction of sp³-hybridized carbons (Fsp3) is 0.182. The lowest BCUT2D eigenvalue weighted by Crippen LogP contribution is -2.14. The fourth-order valence-corrected chi connectivity index (χ4v) is 5.46. The van der Waals surface area contributed by atoms with Crippen molar-refractivity contribution in [2.24, 2.45) is 5.92 Å². The Labute approximate surface area is 181 Å². The van der Waals surface area contributed by atoms with Crippen molar-refractivity contribution in [2.75, 3.05) is 11.6 Å². The van der Waals surface area contributed by atoms with Crippen LogP contribution in [0.1, 0.15) is 17.9 Å². The Morgan fingerprint density at radius 2 is 1.65 bits per heavy atom. The van der Waals surface area contributed by atoms with Crippen LogP contribution < -0.4 is 5.32 Å². The molecule has 9 heteroatoms. The van der Waals surface area contributed by atoms with Crippen molar-refractivity contribution < 1.29 is 21.6 Å². The van der Waals surface area contributed by atoms with E-state index >= 15 is 0 Å². The highest BCUT2D eigenvalue weighted by Crippen LogP contribution is 2.47. The summed E-state index contributed by atoms with van der Waals surface area (Å²) in [6.45, 7) is 0. The first-order valence-corrected chi connectivity index (χ1v) is 12.9. The van der Waals surface area contributed by atoms with E-state index in [0.717, 1.165) is 24.3 Å². The Bertz CT molecular complexity index is 1340. The van der Waals surface area contributed by atoms with E-state index in [9.17, 15) is 21.6 Å². The SMILES string of the molecule is CS(=O)(=O)c1cccc(S(=O)(=O)c2ccc(NC(=O)[C@H]3C[C@@H]3c3cccnc3)cc2)c1. The van der Waals surface area contributed by atoms with Crippen molar-refractivity contribution in [1.82, 2.24) is 4.98 Å². The van der Waals surface area contributed by atoms with Crippen LogP contribution in [0.5, 0.6) is 0 Å². The minimum Gasteiger partial charge on any atom is -0.326 e. The van der Waals surface area contributed by atoms with Gasteiger partial charge in [0.15, 0.2) is 9.84 Å². The van der Waals surface area contributed by atoms with Crippen LogP contribution in [0.3, 0.4) is 0 Å². The number of hydrogen-bond donors (Lipinski definition) is 1. The number of pyridine rings is 1. The molecule has 1 aromatic heterocycles. The van der Waals surface area contributed by atoms with Crippen LogP contribution in [-0.4, -0.2) is 34.0 Å². The molecule has 0 bridgehead atoms. The first kappa shape index (κ1) is 21.2. The summed E-state index contributed by atoms with van der Waals surface area (Å²) in [5, 5.41) is 2.82. The van der Waals surface area contributed by atoms with Crippen LogP contribution in [-0.2, 0) is 24.5 Å². The zero-order valence-corrected chi connectivity index (χ0v) is 18.2. The lowest BCUT2D eigenvalue weighted by molar-refractivity contribution is -0.117. The average Bonchev–Trinajstić information content (AvgIpc) is 3.55. The summed E-state index contributed by atoms with van der Waals surface area (Å²) in [5.74, 6) is -0.105. The highest BCUT2D eigenvalue weighted by atomic mass is 32.2. The topological polar surface area (TPSA) is 110 Å². The summed E-state index contributed by atoms with van der Waals surface area (Å²) in [4.78, 5) is 16.4. The zero-order valence-electron chi connectivity index (χ0n) is 16.6. The number of sulfone groups is 2. The molecule has 1 fully saturated rings. The zero-order chi connectivity index (χ0) is 22.2. The third kappa shape index (κ3) is 4.52. The molecule has 1 heterocycles. The number of aromatic nitrogens is 1. The van der Waals surface area contributed by atoms with Crippen LogP contribution in [0.15, 0.2) is 87.7 Å². The second-order valence-corrected chi connectivity index (χ2v) is 11.5. The Kier molecular flexibility index (Phi) is 5.40. The number of hydrogen-bond acceptors (Lipinski definition) is 6. The molecule has 0 spiro atoms. The third-order valence-corrected chi connectivity index (χ3v) is 8.09. The number of carbonyl (C=O) groups excluding carboxylic acids is 1. The van der Waals surface area contributed by atoms with Gasteiger partial charge in [0, 0.05) is 30.3 Å². The van der Waals surface area contributed by atoms with Crippen LogP contribution in [0.25, 0.3) is 0 Å². The number of rotatable bonds is 6. The molecule has 2 aromatic carbocycles. The molecular formula is C22H20N2O5S2. The van der Waals surface area contributed by atoms with Gasteiger partial charge in [-0.3, -0.25) is 9.78 Å². The Morgan fingerprint density at radius 3 is 2.29 bits per heavy atom. The molecule has 4 rings (SSSR count). The second-order valence-electron chi connectivity index (χ2n) is 7.50. The Hall–Kier alpha value is -3.04. The molecule has 1 aliphatic rings. The van der Waals surface area contributed by atoms with Gasteiger partial charge < -0.3 is 5.32 Å². The second kappa shape index (κ2) is 7.90. The smallest absolute Gasteiger partial charge is 0.228 e. The number of benzene rings is 2. The van der Waals surface area contributed by atoms with Crippen LogP contribution in [0, 0.1) is 5.92 Å². The molecule has 7 nitrogen and oxygen atoms in total. The van der Waals surface area contributed by atoms with Gasteiger partial charge in [-0.1, -0.05) is 12.1 Å². The highest BCUT2D eigenvalue weighted by molar-refractivity contribution is 7.92. The van der Waals surface area contributed by atoms with E-state index in [2.05, 4.69) is 10.3 Å². The maximum Gasteiger partial charge on any atom is 0.228 e. The normalized spacial score (nSPS) is 18.4. The van der Waals surface area contributed by atoms with Gasteiger partial charge in [0.25, 0.3) is 0 Å². The van der Waals surface area contributed by atoms with E-state index in [0.29, 0.717) is 5.69 Å². The van der Waals surface area contributed by atoms with E-state index in [1.807, 2.05) is 12.1 Å². The number of nitrogens with zero attached hydrogens (tertiary/aromatic N) is 1. The maximum atomic E-state index is 12.9. The number of amides is 1. The predicted molar refractivity (Wildman–Crippen MR) is 115 cm³/mol. The van der Waals surface area contributed by atoms with Crippen molar-refractivity contribution in [3.8, 4) is 0 Å². The minimum absolute atomic E-state index is 0.0100. The molecule has 1 amide bonds. The highest BCUT2D eigenvalue weighted by Gasteiger charge is 2.44. The monoisotopic (exact) mass is 456 g/mol. The van der Waals surface area contributed by atoms with Crippen molar-refractivity contribution in [1.29, 1.82) is 0 Å². The van der Waals surface area contributed by atoms with Gasteiger partial charge in [0.2, 0.25) is 15.7 Å². The van der Waals surface area contributed by atoms with Crippen molar-refractivity contribution in [3.63, 3.8) is 0 Å². The van der Waals surface area contributed by atoms with Gasteiger partial charge in [-0.2, -0.15) is 0 Å². The maximum absolute atomic E-state index is 12.9. The molecule has 0 aliphatic heterocycles. The van der Waals surface area contributed by atoms with Gasteiger partial charge in [0.1, 0.15) is 0 Å². The van der Waals surface area contributed by atoms with E-state index < -0.39 is 19.7 Å². The molecule has 0 saturated heterocycles. The van der Waals surface area contributed by atoms with Crippen molar-refractivity contribution >= 4 is 31.3 Å². The average molecular weight is 457 g/mol. The molecular weight excluding hydrogens is 436 g/mol. The molecule has 0 radical (unpaired) electrons. The molecule has 1 aliphatic carbocycles. The van der Waals surface area contributed by atoms with Crippen molar-refractivity contribution in [2.45, 2.75) is 27.0 Å². The number of carbonyl (C=O) groups is 1. The summed E-state index contributed by atoms with van der Waals surface area (Å²) >= 11 is 0. The van der Waals surface area contributed by atoms with Gasteiger partial charge in [-0.05, 0) is 66.4 Å². The van der Waals surface area contributed by atoms with Gasteiger partial charge in [-0.25, -0.2) is 16.8 Å². The summed E-state index contributed by atoms with van der Waals surface area (Å²) in [6, 6.07) is 14.9. The van der Waals surface area contributed by atoms with Crippen LogP contribution in [0.2, 0.25) is 0 Å². The quantitative estimate of drug-likeness (QED) is 0.610. The van der Waals surface area contributed by atoms with Crippen molar-refractivity contribution in [3.05, 3.63) is 78.6 Å². The Balaban J connectivity index is 1.48. The first-order valence-electron chi connectivity index (χ1n) is 9.52. The van der Waals surface area contributed by atoms with Crippen LogP contribution >= 0.6 is 0 Å². The van der Waals surface area contributed by atoms with E-state index in [1.165, 1.54) is 42.5 Å². The minimum atomic E-state index is -3.90. The Morgan fingerprint density at radius 1 is 0.935 bits per heavy atom. The molecule has 0 unspecified atom stereocenters. The number of anilines is 1. The summed E-state index contributed by atoms with van der Waals surface area (Å²) in [5.41, 5.74) is 1.52.